The fourth-order valence-electron chi connectivity index (χ4n) is 4.97. The fourth-order valence-corrected chi connectivity index (χ4v) is 4.97. The molecule has 120 valence electrons. The average molecular weight is 307 g/mol. The Morgan fingerprint density at radius 2 is 1.74 bits per heavy atom. The van der Waals surface area contributed by atoms with E-state index in [9.17, 15) is 0 Å². The van der Waals surface area contributed by atoms with Crippen molar-refractivity contribution in [2.45, 2.75) is 30.6 Å². The summed E-state index contributed by atoms with van der Waals surface area (Å²) in [7, 11) is 3.81. The molecule has 1 saturated carbocycles. The standard InChI is InChI=1S/C21H25NO/c1-22-13-16-11-15-12-20(14-7-9-17(23-2)10-8-14)21(16)19-6-4-3-5-18(15)19/h3-10,15-16,20-22H,11-13H2,1-2H3/t15-,16+,20-,21+/m0/s1. The number of rotatable bonds is 4. The SMILES string of the molecule is CNC[C@H]1C[C@H]2C[C@@H](c3ccc(OC)cc3)[C@H]1c1ccccc12. The minimum absolute atomic E-state index is 0.632. The molecule has 23 heavy (non-hydrogen) atoms. The van der Waals surface area contributed by atoms with Gasteiger partial charge in [0.25, 0.3) is 0 Å². The molecule has 2 aromatic carbocycles. The summed E-state index contributed by atoms with van der Waals surface area (Å²) in [6.07, 6.45) is 2.61. The predicted octanol–water partition coefficient (Wildman–Crippen LogP) is 4.29. The maximum absolute atomic E-state index is 5.32. The van der Waals surface area contributed by atoms with Crippen molar-refractivity contribution in [3.63, 3.8) is 0 Å². The Bertz CT molecular complexity index is 678. The fraction of sp³-hybridized carbons (Fsp3) is 0.429. The van der Waals surface area contributed by atoms with Gasteiger partial charge in [-0.05, 0) is 78.9 Å². The summed E-state index contributed by atoms with van der Waals surface area (Å²) < 4.78 is 5.32. The Hall–Kier alpha value is -1.80. The maximum Gasteiger partial charge on any atom is 0.118 e. The van der Waals surface area contributed by atoms with E-state index >= 15 is 0 Å². The molecular formula is C21H25NO. The Labute approximate surface area is 138 Å². The largest absolute Gasteiger partial charge is 0.497 e. The van der Waals surface area contributed by atoms with Crippen LogP contribution in [0.5, 0.6) is 5.75 Å². The van der Waals surface area contributed by atoms with Crippen molar-refractivity contribution in [3.8, 4) is 5.75 Å². The Kier molecular flexibility index (Phi) is 3.86. The van der Waals surface area contributed by atoms with Gasteiger partial charge in [-0.15, -0.1) is 0 Å². The Morgan fingerprint density at radius 1 is 1.00 bits per heavy atom. The second-order valence-corrected chi connectivity index (χ2v) is 7.02. The van der Waals surface area contributed by atoms with Crippen molar-refractivity contribution < 1.29 is 4.74 Å². The van der Waals surface area contributed by atoms with Crippen molar-refractivity contribution in [2.75, 3.05) is 20.7 Å². The van der Waals surface area contributed by atoms with Gasteiger partial charge in [0.1, 0.15) is 5.75 Å². The van der Waals surface area contributed by atoms with Crippen LogP contribution in [0.3, 0.4) is 0 Å². The van der Waals surface area contributed by atoms with E-state index in [0.717, 1.165) is 18.2 Å². The monoisotopic (exact) mass is 307 g/mol. The topological polar surface area (TPSA) is 21.3 Å². The second-order valence-electron chi connectivity index (χ2n) is 7.02. The number of methoxy groups -OCH3 is 1. The van der Waals surface area contributed by atoms with Crippen LogP contribution in [0.4, 0.5) is 0 Å². The molecule has 0 aliphatic heterocycles. The van der Waals surface area contributed by atoms with E-state index in [4.69, 9.17) is 4.74 Å². The van der Waals surface area contributed by atoms with Crippen molar-refractivity contribution in [2.24, 2.45) is 5.92 Å². The number of hydrogen-bond acceptors (Lipinski definition) is 2. The minimum Gasteiger partial charge on any atom is -0.497 e. The first-order chi connectivity index (χ1) is 11.3. The van der Waals surface area contributed by atoms with Gasteiger partial charge in [0, 0.05) is 0 Å². The molecule has 2 heteroatoms. The van der Waals surface area contributed by atoms with Crippen LogP contribution in [0, 0.1) is 5.92 Å². The predicted molar refractivity (Wildman–Crippen MR) is 94.3 cm³/mol. The molecule has 4 atom stereocenters. The molecule has 0 unspecified atom stereocenters. The summed E-state index contributed by atoms with van der Waals surface area (Å²) in [5.41, 5.74) is 4.67. The number of ether oxygens (including phenoxy) is 1. The van der Waals surface area contributed by atoms with Crippen LogP contribution < -0.4 is 10.1 Å². The highest BCUT2D eigenvalue weighted by Crippen LogP contribution is 2.58. The normalized spacial score (nSPS) is 28.4. The van der Waals surface area contributed by atoms with Gasteiger partial charge >= 0.3 is 0 Å². The lowest BCUT2D eigenvalue weighted by atomic mass is 9.56. The highest BCUT2D eigenvalue weighted by molar-refractivity contribution is 5.44. The van der Waals surface area contributed by atoms with E-state index in [1.165, 1.54) is 18.4 Å². The van der Waals surface area contributed by atoms with Crippen molar-refractivity contribution in [1.29, 1.82) is 0 Å². The van der Waals surface area contributed by atoms with Crippen LogP contribution in [-0.2, 0) is 0 Å². The first kappa shape index (κ1) is 14.8. The lowest BCUT2D eigenvalue weighted by molar-refractivity contribution is 0.214. The molecule has 1 N–H and O–H groups in total. The molecule has 3 aliphatic carbocycles. The van der Waals surface area contributed by atoms with Gasteiger partial charge in [0.15, 0.2) is 0 Å². The summed E-state index contributed by atoms with van der Waals surface area (Å²) >= 11 is 0. The molecule has 0 heterocycles. The van der Waals surface area contributed by atoms with Crippen LogP contribution in [0.1, 0.15) is 47.3 Å². The molecule has 0 saturated heterocycles. The third kappa shape index (κ3) is 2.46. The Morgan fingerprint density at radius 3 is 2.43 bits per heavy atom. The Balaban J connectivity index is 1.74. The molecular weight excluding hydrogens is 282 g/mol. The summed E-state index contributed by atoms with van der Waals surface area (Å²) in [4.78, 5) is 0. The van der Waals surface area contributed by atoms with Gasteiger partial charge in [0.05, 0.1) is 7.11 Å². The van der Waals surface area contributed by atoms with Crippen molar-refractivity contribution >= 4 is 0 Å². The summed E-state index contributed by atoms with van der Waals surface area (Å²) in [6, 6.07) is 17.9. The molecule has 0 spiro atoms. The van der Waals surface area contributed by atoms with E-state index in [1.807, 2.05) is 0 Å². The molecule has 2 bridgehead atoms. The lowest BCUT2D eigenvalue weighted by Crippen LogP contribution is -2.39. The minimum atomic E-state index is 0.632. The zero-order chi connectivity index (χ0) is 15.8. The zero-order valence-electron chi connectivity index (χ0n) is 14.0. The lowest BCUT2D eigenvalue weighted by Gasteiger charge is -2.49. The van der Waals surface area contributed by atoms with Crippen molar-refractivity contribution in [3.05, 3.63) is 65.2 Å². The van der Waals surface area contributed by atoms with Gasteiger partial charge < -0.3 is 10.1 Å². The van der Waals surface area contributed by atoms with Gasteiger partial charge in [-0.1, -0.05) is 36.4 Å². The molecule has 0 aromatic heterocycles. The average Bonchev–Trinajstić information content (AvgIpc) is 2.62. The molecule has 2 aromatic rings. The van der Waals surface area contributed by atoms with Crippen molar-refractivity contribution in [1.82, 2.24) is 5.32 Å². The molecule has 5 rings (SSSR count). The summed E-state index contributed by atoms with van der Waals surface area (Å²) in [5, 5.41) is 3.42. The summed E-state index contributed by atoms with van der Waals surface area (Å²) in [5.74, 6) is 3.66. The second kappa shape index (κ2) is 6.01. The van der Waals surface area contributed by atoms with Crippen LogP contribution in [0.25, 0.3) is 0 Å². The highest BCUT2D eigenvalue weighted by Gasteiger charge is 2.45. The van der Waals surface area contributed by atoms with Gasteiger partial charge in [-0.2, -0.15) is 0 Å². The van der Waals surface area contributed by atoms with Crippen LogP contribution in [0.2, 0.25) is 0 Å². The number of fused-ring (bicyclic) bond motifs is 2. The molecule has 0 amide bonds. The third-order valence-corrected chi connectivity index (χ3v) is 5.87. The maximum atomic E-state index is 5.32. The van der Waals surface area contributed by atoms with Crippen LogP contribution >= 0.6 is 0 Å². The van der Waals surface area contributed by atoms with Crippen LogP contribution in [0.15, 0.2) is 48.5 Å². The van der Waals surface area contributed by atoms with Gasteiger partial charge in [0.2, 0.25) is 0 Å². The van der Waals surface area contributed by atoms with Gasteiger partial charge in [-0.25, -0.2) is 0 Å². The van der Waals surface area contributed by atoms with E-state index < -0.39 is 0 Å². The van der Waals surface area contributed by atoms with E-state index in [2.05, 4.69) is 60.9 Å². The first-order valence-corrected chi connectivity index (χ1v) is 8.69. The summed E-state index contributed by atoms with van der Waals surface area (Å²) in [6.45, 7) is 1.11. The smallest absolute Gasteiger partial charge is 0.118 e. The van der Waals surface area contributed by atoms with E-state index in [0.29, 0.717) is 17.8 Å². The first-order valence-electron chi connectivity index (χ1n) is 8.69. The molecule has 0 radical (unpaired) electrons. The molecule has 1 fully saturated rings. The number of benzene rings is 2. The van der Waals surface area contributed by atoms with Gasteiger partial charge in [-0.3, -0.25) is 0 Å². The molecule has 3 aliphatic rings. The van der Waals surface area contributed by atoms with E-state index in [1.54, 1.807) is 18.2 Å². The zero-order valence-corrected chi connectivity index (χ0v) is 14.0. The van der Waals surface area contributed by atoms with Crippen LogP contribution in [-0.4, -0.2) is 20.7 Å². The third-order valence-electron chi connectivity index (χ3n) is 5.87. The van der Waals surface area contributed by atoms with E-state index in [-0.39, 0.29) is 0 Å². The quantitative estimate of drug-likeness (QED) is 0.910. The number of hydrogen-bond donors (Lipinski definition) is 1. The highest BCUT2D eigenvalue weighted by atomic mass is 16.5. The number of nitrogens with one attached hydrogen (secondary N) is 1. The molecule has 2 nitrogen and oxygen atoms in total.